The number of rotatable bonds is 4. The van der Waals surface area contributed by atoms with E-state index in [-0.39, 0.29) is 0 Å². The van der Waals surface area contributed by atoms with Crippen molar-refractivity contribution in [2.24, 2.45) is 23.0 Å². The molecule has 1 aliphatic rings. The Labute approximate surface area is 89.5 Å². The Morgan fingerprint density at radius 1 is 1.21 bits per heavy atom. The first-order chi connectivity index (χ1) is 6.62. The minimum Gasteiger partial charge on any atom is -0.330 e. The van der Waals surface area contributed by atoms with Crippen LogP contribution in [0.3, 0.4) is 0 Å². The molecule has 14 heavy (non-hydrogen) atoms. The van der Waals surface area contributed by atoms with Crippen molar-refractivity contribution in [3.63, 3.8) is 0 Å². The maximum absolute atomic E-state index is 5.88. The Morgan fingerprint density at radius 2 is 1.79 bits per heavy atom. The summed E-state index contributed by atoms with van der Waals surface area (Å²) in [6.07, 6.45) is 8.43. The lowest BCUT2D eigenvalue weighted by Crippen LogP contribution is -2.37. The standard InChI is InChI=1S/C13H27N/c1-4-11(10-14)13(2,3)12-8-6-5-7-9-12/h11-12H,4-10,14H2,1-3H3. The van der Waals surface area contributed by atoms with Crippen LogP contribution in [-0.2, 0) is 0 Å². The van der Waals surface area contributed by atoms with Gasteiger partial charge in [-0.25, -0.2) is 0 Å². The van der Waals surface area contributed by atoms with Crippen LogP contribution in [0.1, 0.15) is 59.3 Å². The fourth-order valence-corrected chi connectivity index (χ4v) is 3.18. The lowest BCUT2D eigenvalue weighted by molar-refractivity contribution is 0.0841. The van der Waals surface area contributed by atoms with E-state index < -0.39 is 0 Å². The van der Waals surface area contributed by atoms with Crippen LogP contribution >= 0.6 is 0 Å². The molecule has 1 aliphatic carbocycles. The summed E-state index contributed by atoms with van der Waals surface area (Å²) >= 11 is 0. The van der Waals surface area contributed by atoms with Gasteiger partial charge in [0, 0.05) is 0 Å². The van der Waals surface area contributed by atoms with Gasteiger partial charge in [0.15, 0.2) is 0 Å². The molecule has 0 saturated heterocycles. The van der Waals surface area contributed by atoms with E-state index in [2.05, 4.69) is 20.8 Å². The smallest absolute Gasteiger partial charge is 0.00438 e. The molecule has 0 aromatic rings. The molecule has 0 aromatic heterocycles. The van der Waals surface area contributed by atoms with Crippen LogP contribution in [0.4, 0.5) is 0 Å². The molecule has 0 aliphatic heterocycles. The van der Waals surface area contributed by atoms with Gasteiger partial charge in [0.2, 0.25) is 0 Å². The summed E-state index contributed by atoms with van der Waals surface area (Å²) in [6, 6.07) is 0. The van der Waals surface area contributed by atoms with E-state index in [4.69, 9.17) is 5.73 Å². The highest BCUT2D eigenvalue weighted by Crippen LogP contribution is 2.43. The van der Waals surface area contributed by atoms with Crippen LogP contribution < -0.4 is 5.73 Å². The Balaban J connectivity index is 2.60. The lowest BCUT2D eigenvalue weighted by atomic mass is 9.64. The molecule has 1 saturated carbocycles. The summed E-state index contributed by atoms with van der Waals surface area (Å²) in [7, 11) is 0. The Hall–Kier alpha value is -0.0400. The third-order valence-electron chi connectivity index (χ3n) is 4.49. The van der Waals surface area contributed by atoms with Crippen LogP contribution in [0.25, 0.3) is 0 Å². The van der Waals surface area contributed by atoms with E-state index >= 15 is 0 Å². The fraction of sp³-hybridized carbons (Fsp3) is 1.00. The zero-order valence-corrected chi connectivity index (χ0v) is 10.2. The molecule has 0 heterocycles. The Bertz CT molecular complexity index is 153. The van der Waals surface area contributed by atoms with Crippen LogP contribution in [0.5, 0.6) is 0 Å². The summed E-state index contributed by atoms with van der Waals surface area (Å²) < 4.78 is 0. The molecular weight excluding hydrogens is 170 g/mol. The molecule has 84 valence electrons. The second-order valence-electron chi connectivity index (χ2n) is 5.50. The SMILES string of the molecule is CCC(CN)C(C)(C)C1CCCCC1. The molecule has 0 spiro atoms. The highest BCUT2D eigenvalue weighted by Gasteiger charge is 2.35. The van der Waals surface area contributed by atoms with E-state index in [1.807, 2.05) is 0 Å². The van der Waals surface area contributed by atoms with Crippen molar-refractivity contribution in [1.82, 2.24) is 0 Å². The molecule has 1 nitrogen and oxygen atoms in total. The molecular formula is C13H27N. The van der Waals surface area contributed by atoms with Crippen molar-refractivity contribution in [2.75, 3.05) is 6.54 Å². The van der Waals surface area contributed by atoms with Gasteiger partial charge in [0.05, 0.1) is 0 Å². The van der Waals surface area contributed by atoms with Crippen molar-refractivity contribution in [2.45, 2.75) is 59.3 Å². The van der Waals surface area contributed by atoms with E-state index in [1.165, 1.54) is 38.5 Å². The van der Waals surface area contributed by atoms with E-state index in [9.17, 15) is 0 Å². The molecule has 2 N–H and O–H groups in total. The van der Waals surface area contributed by atoms with Gasteiger partial charge in [-0.15, -0.1) is 0 Å². The van der Waals surface area contributed by atoms with Crippen molar-refractivity contribution in [1.29, 1.82) is 0 Å². The van der Waals surface area contributed by atoms with Gasteiger partial charge in [-0.1, -0.05) is 46.5 Å². The molecule has 1 unspecified atom stereocenters. The first kappa shape index (κ1) is 12.0. The molecule has 0 radical (unpaired) electrons. The van der Waals surface area contributed by atoms with Gasteiger partial charge in [0.25, 0.3) is 0 Å². The van der Waals surface area contributed by atoms with Gasteiger partial charge < -0.3 is 5.73 Å². The highest BCUT2D eigenvalue weighted by atomic mass is 14.6. The van der Waals surface area contributed by atoms with Crippen molar-refractivity contribution in [3.05, 3.63) is 0 Å². The van der Waals surface area contributed by atoms with Crippen molar-refractivity contribution < 1.29 is 0 Å². The third-order valence-corrected chi connectivity index (χ3v) is 4.49. The van der Waals surface area contributed by atoms with E-state index in [0.717, 1.165) is 12.5 Å². The largest absolute Gasteiger partial charge is 0.330 e. The minimum absolute atomic E-state index is 0.462. The van der Waals surface area contributed by atoms with Gasteiger partial charge in [-0.3, -0.25) is 0 Å². The Morgan fingerprint density at radius 3 is 2.21 bits per heavy atom. The van der Waals surface area contributed by atoms with Gasteiger partial charge in [0.1, 0.15) is 0 Å². The number of hydrogen-bond acceptors (Lipinski definition) is 1. The zero-order chi connectivity index (χ0) is 10.6. The average molecular weight is 197 g/mol. The lowest BCUT2D eigenvalue weighted by Gasteiger charge is -2.42. The quantitative estimate of drug-likeness (QED) is 0.732. The zero-order valence-electron chi connectivity index (χ0n) is 10.2. The predicted octanol–water partition coefficient (Wildman–Crippen LogP) is 3.58. The maximum atomic E-state index is 5.88. The normalized spacial score (nSPS) is 22.3. The summed E-state index contributed by atoms with van der Waals surface area (Å²) in [6.45, 7) is 8.01. The third kappa shape index (κ3) is 2.50. The summed E-state index contributed by atoms with van der Waals surface area (Å²) in [4.78, 5) is 0. The number of nitrogens with two attached hydrogens (primary N) is 1. The monoisotopic (exact) mass is 197 g/mol. The fourth-order valence-electron chi connectivity index (χ4n) is 3.18. The number of hydrogen-bond donors (Lipinski definition) is 1. The predicted molar refractivity (Wildman–Crippen MR) is 63.2 cm³/mol. The minimum atomic E-state index is 0.462. The van der Waals surface area contributed by atoms with Crippen LogP contribution in [0, 0.1) is 17.3 Å². The molecule has 1 fully saturated rings. The molecule has 1 heteroatoms. The van der Waals surface area contributed by atoms with Gasteiger partial charge in [-0.2, -0.15) is 0 Å². The molecule has 0 amide bonds. The van der Waals surface area contributed by atoms with Crippen molar-refractivity contribution >= 4 is 0 Å². The molecule has 0 bridgehead atoms. The topological polar surface area (TPSA) is 26.0 Å². The first-order valence-corrected chi connectivity index (χ1v) is 6.33. The molecule has 0 aromatic carbocycles. The van der Waals surface area contributed by atoms with Gasteiger partial charge in [-0.05, 0) is 36.6 Å². The van der Waals surface area contributed by atoms with Crippen LogP contribution in [0.2, 0.25) is 0 Å². The highest BCUT2D eigenvalue weighted by molar-refractivity contribution is 4.86. The van der Waals surface area contributed by atoms with Gasteiger partial charge >= 0.3 is 0 Å². The van der Waals surface area contributed by atoms with Crippen LogP contribution in [-0.4, -0.2) is 6.54 Å². The van der Waals surface area contributed by atoms with E-state index in [0.29, 0.717) is 11.3 Å². The first-order valence-electron chi connectivity index (χ1n) is 6.33. The molecule has 1 rings (SSSR count). The second-order valence-corrected chi connectivity index (χ2v) is 5.50. The average Bonchev–Trinajstić information content (AvgIpc) is 2.20. The summed E-state index contributed by atoms with van der Waals surface area (Å²) in [5.74, 6) is 1.63. The van der Waals surface area contributed by atoms with E-state index in [1.54, 1.807) is 0 Å². The Kier molecular flexibility index (Phi) is 4.43. The summed E-state index contributed by atoms with van der Waals surface area (Å²) in [5, 5.41) is 0. The second kappa shape index (κ2) is 5.16. The maximum Gasteiger partial charge on any atom is -0.00438 e. The summed E-state index contributed by atoms with van der Waals surface area (Å²) in [5.41, 5.74) is 6.34. The van der Waals surface area contributed by atoms with Crippen molar-refractivity contribution in [3.8, 4) is 0 Å². The molecule has 1 atom stereocenters. The van der Waals surface area contributed by atoms with Crippen LogP contribution in [0.15, 0.2) is 0 Å².